The number of amides is 2. The molecule has 3 aromatic rings. The highest BCUT2D eigenvalue weighted by molar-refractivity contribution is 5.95. The summed E-state index contributed by atoms with van der Waals surface area (Å²) in [5.74, 6) is 0.309. The van der Waals surface area contributed by atoms with Gasteiger partial charge < -0.3 is 14.4 Å². The highest BCUT2D eigenvalue weighted by atomic mass is 16.5. The van der Waals surface area contributed by atoms with Crippen LogP contribution in [0.2, 0.25) is 0 Å². The van der Waals surface area contributed by atoms with Gasteiger partial charge in [0.2, 0.25) is 5.91 Å². The van der Waals surface area contributed by atoms with Crippen LogP contribution >= 0.6 is 0 Å². The Morgan fingerprint density at radius 3 is 2.22 bits per heavy atom. The lowest BCUT2D eigenvalue weighted by atomic mass is 9.87. The van der Waals surface area contributed by atoms with E-state index >= 15 is 0 Å². The Hall–Kier alpha value is -4.80. The maximum atomic E-state index is 13.0. The minimum absolute atomic E-state index is 0.0343. The Labute approximate surface area is 208 Å². The lowest BCUT2D eigenvalue weighted by Crippen LogP contribution is -2.40. The molecule has 0 N–H and O–H groups in total. The number of hydrogen-bond acceptors (Lipinski definition) is 5. The van der Waals surface area contributed by atoms with E-state index in [4.69, 9.17) is 20.3 Å². The summed E-state index contributed by atoms with van der Waals surface area (Å²) in [5.41, 5.74) is 10.7. The van der Waals surface area contributed by atoms with E-state index in [1.54, 1.807) is 60.5 Å². The van der Waals surface area contributed by atoms with Crippen LogP contribution in [-0.4, -0.2) is 43.5 Å². The lowest BCUT2D eigenvalue weighted by Gasteiger charge is -2.26. The summed E-state index contributed by atoms with van der Waals surface area (Å²) < 4.78 is 11.1. The van der Waals surface area contributed by atoms with Crippen molar-refractivity contribution in [1.29, 1.82) is 5.26 Å². The first-order chi connectivity index (χ1) is 17.5. The van der Waals surface area contributed by atoms with E-state index in [0.717, 1.165) is 11.1 Å². The van der Waals surface area contributed by atoms with Gasteiger partial charge in [-0.1, -0.05) is 24.3 Å². The number of nitrogens with zero attached hydrogens (tertiary/aromatic N) is 5. The van der Waals surface area contributed by atoms with Gasteiger partial charge in [0.1, 0.15) is 18.1 Å². The van der Waals surface area contributed by atoms with E-state index in [1.165, 1.54) is 0 Å². The van der Waals surface area contributed by atoms with E-state index in [9.17, 15) is 9.59 Å². The summed E-state index contributed by atoms with van der Waals surface area (Å²) in [5, 5.41) is 12.3. The summed E-state index contributed by atoms with van der Waals surface area (Å²) in [7, 11) is 1.55. The number of methoxy groups -OCH3 is 1. The summed E-state index contributed by atoms with van der Waals surface area (Å²) in [6.45, 7) is 0.380. The second kappa shape index (κ2) is 10.6. The van der Waals surface area contributed by atoms with Gasteiger partial charge in [0.05, 0.1) is 24.2 Å². The highest BCUT2D eigenvalue weighted by Gasteiger charge is 2.46. The summed E-state index contributed by atoms with van der Waals surface area (Å²) >= 11 is 0. The zero-order valence-corrected chi connectivity index (χ0v) is 19.6. The van der Waals surface area contributed by atoms with Crippen LogP contribution in [0.25, 0.3) is 21.6 Å². The normalized spacial score (nSPS) is 16.5. The first-order valence-electron chi connectivity index (χ1n) is 11.2. The fourth-order valence-corrected chi connectivity index (χ4v) is 4.17. The van der Waals surface area contributed by atoms with Gasteiger partial charge in [-0.25, -0.2) is 0 Å². The number of hydrogen-bond donors (Lipinski definition) is 0. The van der Waals surface area contributed by atoms with Crippen molar-refractivity contribution in [2.75, 3.05) is 26.8 Å². The molecule has 0 aromatic heterocycles. The second-order valence-electron chi connectivity index (χ2n) is 8.48. The van der Waals surface area contributed by atoms with Crippen molar-refractivity contribution in [3.05, 3.63) is 94.4 Å². The summed E-state index contributed by atoms with van der Waals surface area (Å²) in [4.78, 5) is 30.0. The topological polar surface area (TPSA) is 128 Å². The molecule has 2 amide bonds. The van der Waals surface area contributed by atoms with Crippen molar-refractivity contribution < 1.29 is 19.1 Å². The Bertz CT molecular complexity index is 1340. The number of benzene rings is 3. The molecule has 0 aliphatic carbocycles. The molecule has 0 spiro atoms. The molecule has 180 valence electrons. The van der Waals surface area contributed by atoms with Crippen molar-refractivity contribution >= 4 is 11.8 Å². The molecule has 3 aromatic carbocycles. The molecule has 9 nitrogen and oxygen atoms in total. The number of likely N-dealkylation sites (tertiary alicyclic amines) is 1. The first-order valence-corrected chi connectivity index (χ1v) is 11.2. The highest BCUT2D eigenvalue weighted by Crippen LogP contribution is 2.34. The maximum Gasteiger partial charge on any atom is 0.253 e. The van der Waals surface area contributed by atoms with Gasteiger partial charge in [0.25, 0.3) is 5.91 Å². The predicted octanol–water partition coefficient (Wildman–Crippen LogP) is 4.98. The number of carbonyl (C=O) groups excluding carboxylic acids is 2. The molecule has 1 aliphatic rings. The standard InChI is InChI=1S/C27H23N5O4/c1-35-23-10-8-22(9-11-23)25(33)32-15-14-27(17-32,26(34)30-31-29)18-36-24-12-6-21(7-13-24)20-4-2-19(16-28)3-5-20/h2-13H,14-15,17-18H2,1H3. The zero-order valence-electron chi connectivity index (χ0n) is 19.6. The van der Waals surface area contributed by atoms with Gasteiger partial charge in [-0.15, -0.1) is 0 Å². The minimum atomic E-state index is -1.14. The number of nitriles is 1. The van der Waals surface area contributed by atoms with Gasteiger partial charge in [-0.3, -0.25) is 9.59 Å². The fraction of sp³-hybridized carbons (Fsp3) is 0.222. The first kappa shape index (κ1) is 24.3. The molecule has 1 heterocycles. The number of carbonyl (C=O) groups is 2. The molecule has 1 atom stereocenters. The Morgan fingerprint density at radius 2 is 1.64 bits per heavy atom. The SMILES string of the molecule is COc1ccc(C(=O)N2CCC(COc3ccc(-c4ccc(C#N)cc4)cc3)(C(=O)N=[N+]=[N-])C2)cc1. The molecule has 0 radical (unpaired) electrons. The number of rotatable bonds is 7. The van der Waals surface area contributed by atoms with Gasteiger partial charge in [0.15, 0.2) is 0 Å². The Balaban J connectivity index is 1.47. The molecule has 9 heteroatoms. The van der Waals surface area contributed by atoms with Gasteiger partial charge >= 0.3 is 0 Å². The quantitative estimate of drug-likeness (QED) is 0.267. The molecule has 1 saturated heterocycles. The van der Waals surface area contributed by atoms with Crippen molar-refractivity contribution in [3.8, 4) is 28.7 Å². The van der Waals surface area contributed by atoms with Crippen molar-refractivity contribution in [2.45, 2.75) is 6.42 Å². The smallest absolute Gasteiger partial charge is 0.253 e. The third kappa shape index (κ3) is 5.14. The van der Waals surface area contributed by atoms with Crippen molar-refractivity contribution in [2.24, 2.45) is 10.5 Å². The third-order valence-corrected chi connectivity index (χ3v) is 6.28. The molecule has 36 heavy (non-hydrogen) atoms. The van der Waals surface area contributed by atoms with Gasteiger partial charge in [0, 0.05) is 23.6 Å². The van der Waals surface area contributed by atoms with Crippen LogP contribution in [0.4, 0.5) is 0 Å². The second-order valence-corrected chi connectivity index (χ2v) is 8.48. The monoisotopic (exact) mass is 481 g/mol. The van der Waals surface area contributed by atoms with Crippen LogP contribution in [0.5, 0.6) is 11.5 Å². The van der Waals surface area contributed by atoms with Crippen LogP contribution in [0.3, 0.4) is 0 Å². The zero-order chi connectivity index (χ0) is 25.5. The molecule has 1 fully saturated rings. The lowest BCUT2D eigenvalue weighted by molar-refractivity contribution is -0.128. The fourth-order valence-electron chi connectivity index (χ4n) is 4.17. The molecule has 0 bridgehead atoms. The Morgan fingerprint density at radius 1 is 1.03 bits per heavy atom. The average molecular weight is 482 g/mol. The minimum Gasteiger partial charge on any atom is -0.497 e. The van der Waals surface area contributed by atoms with Crippen LogP contribution < -0.4 is 9.47 Å². The van der Waals surface area contributed by atoms with Crippen molar-refractivity contribution in [1.82, 2.24) is 4.90 Å². The van der Waals surface area contributed by atoms with Crippen LogP contribution in [0.1, 0.15) is 22.3 Å². The molecule has 4 rings (SSSR count). The van der Waals surface area contributed by atoms with Crippen LogP contribution in [-0.2, 0) is 4.79 Å². The van der Waals surface area contributed by atoms with Gasteiger partial charge in [-0.2, -0.15) is 5.26 Å². The average Bonchev–Trinajstić information content (AvgIpc) is 3.38. The largest absolute Gasteiger partial charge is 0.497 e. The van der Waals surface area contributed by atoms with Crippen LogP contribution in [0.15, 0.2) is 77.9 Å². The molecular weight excluding hydrogens is 458 g/mol. The molecule has 1 aliphatic heterocycles. The third-order valence-electron chi connectivity index (χ3n) is 6.28. The molecule has 1 unspecified atom stereocenters. The summed E-state index contributed by atoms with van der Waals surface area (Å²) in [6, 6.07) is 23.4. The van der Waals surface area contributed by atoms with E-state index in [2.05, 4.69) is 16.1 Å². The predicted molar refractivity (Wildman–Crippen MR) is 132 cm³/mol. The van der Waals surface area contributed by atoms with Gasteiger partial charge in [-0.05, 0) is 76.7 Å². The number of ether oxygens (including phenoxy) is 2. The van der Waals surface area contributed by atoms with Crippen molar-refractivity contribution in [3.63, 3.8) is 0 Å². The van der Waals surface area contributed by atoms with E-state index in [0.29, 0.717) is 35.6 Å². The molecular formula is C27H23N5O4. The number of azide groups is 1. The molecule has 0 saturated carbocycles. The van der Waals surface area contributed by atoms with E-state index in [-0.39, 0.29) is 19.1 Å². The van der Waals surface area contributed by atoms with E-state index < -0.39 is 11.3 Å². The maximum absolute atomic E-state index is 13.0. The van der Waals surface area contributed by atoms with E-state index in [1.807, 2.05) is 24.3 Å². The Kier molecular flexibility index (Phi) is 7.19. The summed E-state index contributed by atoms with van der Waals surface area (Å²) in [6.07, 6.45) is 0.316. The van der Waals surface area contributed by atoms with Crippen LogP contribution in [0, 0.1) is 16.7 Å².